The average molecular weight is 331 g/mol. The second-order valence-electron chi connectivity index (χ2n) is 5.00. The number of ether oxygens (including phenoxy) is 2. The number of rotatable bonds is 6. The number of hydrogen-bond acceptors (Lipinski definition) is 4. The molecule has 2 aromatic carbocycles. The molecule has 122 valence electrons. The van der Waals surface area contributed by atoms with E-state index in [1.165, 1.54) is 0 Å². The van der Waals surface area contributed by atoms with Gasteiger partial charge in [-0.3, -0.25) is 4.79 Å². The normalized spacial score (nSPS) is 11.7. The molecule has 0 aliphatic carbocycles. The van der Waals surface area contributed by atoms with Crippen molar-refractivity contribution in [2.75, 3.05) is 20.5 Å². The summed E-state index contributed by atoms with van der Waals surface area (Å²) in [6, 6.07) is 12.9. The first-order valence-electron chi connectivity index (χ1n) is 7.26. The molecule has 0 spiro atoms. The zero-order valence-corrected chi connectivity index (χ0v) is 14.6. The van der Waals surface area contributed by atoms with Crippen molar-refractivity contribution in [3.05, 3.63) is 53.6 Å². The first-order valence-corrected chi connectivity index (χ1v) is 8.49. The van der Waals surface area contributed by atoms with E-state index in [9.17, 15) is 4.79 Å². The SMILES string of the molecule is COc1ccc(OC)c([C@@H](C)NC(=O)c2ccccc2SC)c1. The molecule has 0 radical (unpaired) electrons. The number of carbonyl (C=O) groups is 1. The van der Waals surface area contributed by atoms with Crippen LogP contribution in [0.4, 0.5) is 0 Å². The summed E-state index contributed by atoms with van der Waals surface area (Å²) in [6.45, 7) is 1.93. The fraction of sp³-hybridized carbons (Fsp3) is 0.278. The molecule has 2 rings (SSSR count). The minimum atomic E-state index is -0.206. The summed E-state index contributed by atoms with van der Waals surface area (Å²) in [7, 11) is 3.23. The van der Waals surface area contributed by atoms with Gasteiger partial charge in [0.1, 0.15) is 11.5 Å². The lowest BCUT2D eigenvalue weighted by atomic mass is 10.1. The maximum Gasteiger partial charge on any atom is 0.252 e. The predicted octanol–water partition coefficient (Wildman–Crippen LogP) is 3.92. The molecular formula is C18H21NO3S. The molecule has 0 unspecified atom stereocenters. The molecule has 0 heterocycles. The van der Waals surface area contributed by atoms with Crippen molar-refractivity contribution in [2.24, 2.45) is 0 Å². The van der Waals surface area contributed by atoms with Crippen molar-refractivity contribution in [1.29, 1.82) is 0 Å². The molecule has 1 atom stereocenters. The van der Waals surface area contributed by atoms with Crippen LogP contribution in [-0.4, -0.2) is 26.4 Å². The Morgan fingerprint density at radius 2 is 1.87 bits per heavy atom. The summed E-state index contributed by atoms with van der Waals surface area (Å²) >= 11 is 1.55. The Bertz CT molecular complexity index is 688. The quantitative estimate of drug-likeness (QED) is 0.815. The maximum absolute atomic E-state index is 12.6. The Morgan fingerprint density at radius 1 is 1.13 bits per heavy atom. The van der Waals surface area contributed by atoms with Crippen LogP contribution >= 0.6 is 11.8 Å². The molecule has 23 heavy (non-hydrogen) atoms. The number of methoxy groups -OCH3 is 2. The van der Waals surface area contributed by atoms with Crippen LogP contribution in [0.2, 0.25) is 0 Å². The number of nitrogens with one attached hydrogen (secondary N) is 1. The lowest BCUT2D eigenvalue weighted by Crippen LogP contribution is -2.27. The van der Waals surface area contributed by atoms with Crippen LogP contribution in [0.25, 0.3) is 0 Å². The lowest BCUT2D eigenvalue weighted by Gasteiger charge is -2.19. The van der Waals surface area contributed by atoms with E-state index in [0.717, 1.165) is 22.0 Å². The Kier molecular flexibility index (Phi) is 5.93. The van der Waals surface area contributed by atoms with Crippen molar-refractivity contribution >= 4 is 17.7 Å². The molecule has 0 saturated carbocycles. The van der Waals surface area contributed by atoms with Gasteiger partial charge in [0, 0.05) is 10.5 Å². The van der Waals surface area contributed by atoms with Gasteiger partial charge in [-0.25, -0.2) is 0 Å². The summed E-state index contributed by atoms with van der Waals surface area (Å²) in [4.78, 5) is 13.5. The molecule has 2 aromatic rings. The zero-order chi connectivity index (χ0) is 16.8. The highest BCUT2D eigenvalue weighted by Crippen LogP contribution is 2.29. The topological polar surface area (TPSA) is 47.6 Å². The van der Waals surface area contributed by atoms with E-state index in [1.54, 1.807) is 26.0 Å². The van der Waals surface area contributed by atoms with E-state index in [4.69, 9.17) is 9.47 Å². The van der Waals surface area contributed by atoms with Crippen molar-refractivity contribution in [1.82, 2.24) is 5.32 Å². The molecule has 0 aliphatic heterocycles. The van der Waals surface area contributed by atoms with E-state index in [1.807, 2.05) is 55.6 Å². The monoisotopic (exact) mass is 331 g/mol. The highest BCUT2D eigenvalue weighted by atomic mass is 32.2. The Balaban J connectivity index is 2.24. The summed E-state index contributed by atoms with van der Waals surface area (Å²) in [5.41, 5.74) is 1.55. The van der Waals surface area contributed by atoms with Gasteiger partial charge in [-0.2, -0.15) is 0 Å². The highest BCUT2D eigenvalue weighted by molar-refractivity contribution is 7.98. The number of benzene rings is 2. The molecule has 1 amide bonds. The van der Waals surface area contributed by atoms with Crippen molar-refractivity contribution in [2.45, 2.75) is 17.9 Å². The van der Waals surface area contributed by atoms with Crippen LogP contribution in [0, 0.1) is 0 Å². The largest absolute Gasteiger partial charge is 0.497 e. The third-order valence-corrected chi connectivity index (χ3v) is 4.40. The number of amides is 1. The van der Waals surface area contributed by atoms with E-state index >= 15 is 0 Å². The standard InChI is InChI=1S/C18H21NO3S/c1-12(15-11-13(21-2)9-10-16(15)22-3)19-18(20)14-7-5-6-8-17(14)23-4/h5-12H,1-4H3,(H,19,20)/t12-/m1/s1. The molecule has 0 fully saturated rings. The van der Waals surface area contributed by atoms with Crippen LogP contribution < -0.4 is 14.8 Å². The third-order valence-electron chi connectivity index (χ3n) is 3.60. The molecule has 5 heteroatoms. The zero-order valence-electron chi connectivity index (χ0n) is 13.8. The van der Waals surface area contributed by atoms with Gasteiger partial charge in [-0.05, 0) is 43.5 Å². The number of thioether (sulfide) groups is 1. The summed E-state index contributed by atoms with van der Waals surface area (Å²) in [5.74, 6) is 1.34. The minimum absolute atomic E-state index is 0.104. The predicted molar refractivity (Wildman–Crippen MR) is 93.7 cm³/mol. The number of hydrogen-bond donors (Lipinski definition) is 1. The molecule has 0 aliphatic rings. The van der Waals surface area contributed by atoms with Crippen molar-refractivity contribution in [3.63, 3.8) is 0 Å². The second kappa shape index (κ2) is 7.92. The molecule has 4 nitrogen and oxygen atoms in total. The molecule has 0 bridgehead atoms. The smallest absolute Gasteiger partial charge is 0.252 e. The molecular weight excluding hydrogens is 310 g/mol. The van der Waals surface area contributed by atoms with Gasteiger partial charge in [0.2, 0.25) is 0 Å². The van der Waals surface area contributed by atoms with Crippen LogP contribution in [0.15, 0.2) is 47.4 Å². The van der Waals surface area contributed by atoms with Crippen molar-refractivity contribution in [3.8, 4) is 11.5 Å². The Hall–Kier alpha value is -2.14. The molecule has 0 saturated heterocycles. The second-order valence-corrected chi connectivity index (χ2v) is 5.85. The van der Waals surface area contributed by atoms with Gasteiger partial charge in [0.05, 0.1) is 25.8 Å². The fourth-order valence-corrected chi connectivity index (χ4v) is 2.96. The molecule has 0 aromatic heterocycles. The highest BCUT2D eigenvalue weighted by Gasteiger charge is 2.17. The third kappa shape index (κ3) is 3.99. The Labute approximate surface area is 141 Å². The van der Waals surface area contributed by atoms with Crippen molar-refractivity contribution < 1.29 is 14.3 Å². The molecule has 1 N–H and O–H groups in total. The van der Waals surface area contributed by atoms with Gasteiger partial charge in [-0.15, -0.1) is 11.8 Å². The van der Waals surface area contributed by atoms with E-state index < -0.39 is 0 Å². The summed E-state index contributed by atoms with van der Waals surface area (Å²) in [5, 5.41) is 3.03. The summed E-state index contributed by atoms with van der Waals surface area (Å²) in [6.07, 6.45) is 1.96. The van der Waals surface area contributed by atoms with Gasteiger partial charge >= 0.3 is 0 Å². The minimum Gasteiger partial charge on any atom is -0.497 e. The summed E-state index contributed by atoms with van der Waals surface area (Å²) < 4.78 is 10.6. The van der Waals surface area contributed by atoms with Gasteiger partial charge in [0.25, 0.3) is 5.91 Å². The van der Waals surface area contributed by atoms with E-state index in [-0.39, 0.29) is 11.9 Å². The first-order chi connectivity index (χ1) is 11.1. The van der Waals surface area contributed by atoms with E-state index in [0.29, 0.717) is 5.56 Å². The lowest BCUT2D eigenvalue weighted by molar-refractivity contribution is 0.0936. The average Bonchev–Trinajstić information content (AvgIpc) is 2.60. The van der Waals surface area contributed by atoms with Gasteiger partial charge in [0.15, 0.2) is 0 Å². The Morgan fingerprint density at radius 3 is 2.52 bits per heavy atom. The van der Waals surface area contributed by atoms with E-state index in [2.05, 4.69) is 5.32 Å². The van der Waals surface area contributed by atoms with Crippen LogP contribution in [0.1, 0.15) is 28.9 Å². The fourth-order valence-electron chi connectivity index (χ4n) is 2.36. The number of carbonyl (C=O) groups excluding carboxylic acids is 1. The van der Waals surface area contributed by atoms with Gasteiger partial charge < -0.3 is 14.8 Å². The first kappa shape index (κ1) is 17.2. The van der Waals surface area contributed by atoms with Crippen LogP contribution in [-0.2, 0) is 0 Å². The maximum atomic E-state index is 12.6. The van der Waals surface area contributed by atoms with Crippen LogP contribution in [0.5, 0.6) is 11.5 Å². The van der Waals surface area contributed by atoms with Gasteiger partial charge in [-0.1, -0.05) is 12.1 Å². The van der Waals surface area contributed by atoms with Crippen LogP contribution in [0.3, 0.4) is 0 Å².